The van der Waals surface area contributed by atoms with E-state index in [1.165, 1.54) is 10.6 Å². The number of piperazine rings is 1. The number of rotatable bonds is 2. The van der Waals surface area contributed by atoms with Crippen molar-refractivity contribution in [1.29, 1.82) is 5.26 Å². The molecule has 4 nitrogen and oxygen atoms in total. The molecule has 21 heavy (non-hydrogen) atoms. The van der Waals surface area contributed by atoms with Gasteiger partial charge in [0, 0.05) is 37.3 Å². The molecule has 1 N–H and O–H groups in total. The van der Waals surface area contributed by atoms with Gasteiger partial charge in [-0.3, -0.25) is 0 Å². The van der Waals surface area contributed by atoms with Crippen molar-refractivity contribution < 1.29 is 0 Å². The maximum atomic E-state index is 9.14. The molecule has 0 bridgehead atoms. The number of nitriles is 1. The molecule has 1 aliphatic rings. The van der Waals surface area contributed by atoms with Crippen LogP contribution in [0.3, 0.4) is 0 Å². The monoisotopic (exact) mass is 298 g/mol. The molecule has 3 rings (SSSR count). The summed E-state index contributed by atoms with van der Waals surface area (Å²) in [7, 11) is 0. The highest BCUT2D eigenvalue weighted by atomic mass is 32.1. The smallest absolute Gasteiger partial charge is 0.126 e. The quantitative estimate of drug-likeness (QED) is 0.926. The summed E-state index contributed by atoms with van der Waals surface area (Å²) in [6, 6.07) is 4.60. The van der Waals surface area contributed by atoms with Gasteiger partial charge in [0.1, 0.15) is 10.9 Å². The van der Waals surface area contributed by atoms with E-state index >= 15 is 0 Å². The van der Waals surface area contributed by atoms with Crippen molar-refractivity contribution in [2.45, 2.75) is 19.9 Å². The highest BCUT2D eigenvalue weighted by Gasteiger charge is 2.24. The fourth-order valence-corrected chi connectivity index (χ4v) is 3.89. The van der Waals surface area contributed by atoms with E-state index in [-0.39, 0.29) is 0 Å². The second-order valence-electron chi connectivity index (χ2n) is 5.25. The number of hydrogen-bond donors (Lipinski definition) is 1. The molecule has 1 aliphatic heterocycles. The average molecular weight is 298 g/mol. The number of pyridine rings is 1. The molecule has 1 saturated heterocycles. The summed E-state index contributed by atoms with van der Waals surface area (Å²) in [4.78, 5) is 9.12. The zero-order valence-electron chi connectivity index (χ0n) is 12.3. The van der Waals surface area contributed by atoms with Crippen LogP contribution in [0.5, 0.6) is 0 Å². The number of fused-ring (bicyclic) bond motifs is 1. The van der Waals surface area contributed by atoms with Crippen LogP contribution in [0.2, 0.25) is 0 Å². The predicted octanol–water partition coefficient (Wildman–Crippen LogP) is 3.00. The highest BCUT2D eigenvalue weighted by Crippen LogP contribution is 2.39. The van der Waals surface area contributed by atoms with E-state index in [1.807, 2.05) is 13.0 Å². The third-order valence-electron chi connectivity index (χ3n) is 3.78. The fraction of sp³-hybridized carbons (Fsp3) is 0.375. The van der Waals surface area contributed by atoms with Gasteiger partial charge in [-0.25, -0.2) is 4.98 Å². The van der Waals surface area contributed by atoms with Gasteiger partial charge >= 0.3 is 0 Å². The van der Waals surface area contributed by atoms with E-state index < -0.39 is 0 Å². The molecule has 0 saturated carbocycles. The number of aromatic nitrogens is 1. The van der Waals surface area contributed by atoms with Crippen LogP contribution in [0.1, 0.15) is 24.3 Å². The number of nitrogens with zero attached hydrogens (tertiary/aromatic N) is 3. The largest absolute Gasteiger partial charge is 0.365 e. The maximum absolute atomic E-state index is 9.14. The predicted molar refractivity (Wildman–Crippen MR) is 88.7 cm³/mol. The lowest BCUT2D eigenvalue weighted by Gasteiger charge is -2.36. The maximum Gasteiger partial charge on any atom is 0.126 e. The van der Waals surface area contributed by atoms with E-state index in [0.717, 1.165) is 29.9 Å². The molecule has 1 unspecified atom stereocenters. The molecule has 5 heteroatoms. The molecular weight excluding hydrogens is 280 g/mol. The van der Waals surface area contributed by atoms with E-state index in [0.29, 0.717) is 11.6 Å². The Balaban J connectivity index is 2.21. The Kier molecular flexibility index (Phi) is 3.91. The Morgan fingerprint density at radius 3 is 3.14 bits per heavy atom. The summed E-state index contributed by atoms with van der Waals surface area (Å²) in [5, 5.41) is 13.7. The minimum Gasteiger partial charge on any atom is -0.365 e. The van der Waals surface area contributed by atoms with Gasteiger partial charge in [-0.15, -0.1) is 11.3 Å². The van der Waals surface area contributed by atoms with Crippen molar-refractivity contribution >= 4 is 33.3 Å². The molecule has 1 fully saturated rings. The van der Waals surface area contributed by atoms with Gasteiger partial charge in [-0.1, -0.05) is 6.08 Å². The average Bonchev–Trinajstić information content (AvgIpc) is 2.85. The molecule has 108 valence electrons. The number of thiophene rings is 1. The van der Waals surface area contributed by atoms with Crippen LogP contribution >= 0.6 is 11.3 Å². The second kappa shape index (κ2) is 5.84. The zero-order valence-corrected chi connectivity index (χ0v) is 13.1. The van der Waals surface area contributed by atoms with Gasteiger partial charge in [0.25, 0.3) is 0 Å². The second-order valence-corrected chi connectivity index (χ2v) is 6.28. The third-order valence-corrected chi connectivity index (χ3v) is 4.85. The van der Waals surface area contributed by atoms with Crippen LogP contribution in [-0.4, -0.2) is 30.7 Å². The Hall–Kier alpha value is -1.90. The molecule has 0 spiro atoms. The third kappa shape index (κ3) is 2.53. The number of nitrogens with one attached hydrogen (secondary N) is 1. The summed E-state index contributed by atoms with van der Waals surface area (Å²) in [6.07, 6.45) is 5.86. The first-order chi connectivity index (χ1) is 10.2. The van der Waals surface area contributed by atoms with Gasteiger partial charge < -0.3 is 10.2 Å². The van der Waals surface area contributed by atoms with Crippen molar-refractivity contribution in [3.05, 3.63) is 28.8 Å². The number of allylic oxidation sites excluding steroid dienone is 1. The van der Waals surface area contributed by atoms with Gasteiger partial charge in [-0.05, 0) is 26.0 Å². The van der Waals surface area contributed by atoms with Crippen LogP contribution in [0.4, 0.5) is 5.69 Å². The SMILES string of the molecule is CC=Cc1sc2ncc(C#N)cc2c1N1CCNCC1C. The van der Waals surface area contributed by atoms with Crippen molar-refractivity contribution in [2.24, 2.45) is 0 Å². The van der Waals surface area contributed by atoms with Crippen LogP contribution in [-0.2, 0) is 0 Å². The van der Waals surface area contributed by atoms with Gasteiger partial charge in [0.05, 0.1) is 16.1 Å². The van der Waals surface area contributed by atoms with Gasteiger partial charge in [0.2, 0.25) is 0 Å². The van der Waals surface area contributed by atoms with Crippen LogP contribution in [0.25, 0.3) is 16.3 Å². The summed E-state index contributed by atoms with van der Waals surface area (Å²) in [6.45, 7) is 7.22. The normalized spacial score (nSPS) is 19.3. The lowest BCUT2D eigenvalue weighted by atomic mass is 10.1. The number of anilines is 1. The first-order valence-corrected chi connectivity index (χ1v) is 7.99. The van der Waals surface area contributed by atoms with Crippen molar-refractivity contribution in [3.63, 3.8) is 0 Å². The van der Waals surface area contributed by atoms with Crippen LogP contribution in [0, 0.1) is 11.3 Å². The molecule has 0 radical (unpaired) electrons. The molecule has 2 aromatic rings. The van der Waals surface area contributed by atoms with E-state index in [4.69, 9.17) is 5.26 Å². The molecule has 2 aromatic heterocycles. The minimum absolute atomic E-state index is 0.436. The summed E-state index contributed by atoms with van der Waals surface area (Å²) >= 11 is 1.69. The van der Waals surface area contributed by atoms with E-state index in [9.17, 15) is 0 Å². The Labute approximate surface area is 128 Å². The van der Waals surface area contributed by atoms with Crippen LogP contribution in [0.15, 0.2) is 18.3 Å². The van der Waals surface area contributed by atoms with Crippen molar-refractivity contribution in [2.75, 3.05) is 24.5 Å². The minimum atomic E-state index is 0.436. The molecule has 0 amide bonds. The molecule has 0 aromatic carbocycles. The number of hydrogen-bond acceptors (Lipinski definition) is 5. The standard InChI is InChI=1S/C16H18N4S/c1-3-4-14-15(20-6-5-18-9-11(20)2)13-7-12(8-17)10-19-16(13)21-14/h3-4,7,10-11,18H,5-6,9H2,1-2H3. The lowest BCUT2D eigenvalue weighted by molar-refractivity contribution is 0.502. The van der Waals surface area contributed by atoms with Crippen molar-refractivity contribution in [1.82, 2.24) is 10.3 Å². The first-order valence-electron chi connectivity index (χ1n) is 7.17. The molecule has 1 atom stereocenters. The Morgan fingerprint density at radius 2 is 2.43 bits per heavy atom. The Morgan fingerprint density at radius 1 is 1.57 bits per heavy atom. The van der Waals surface area contributed by atoms with E-state index in [2.05, 4.69) is 40.3 Å². The molecule has 3 heterocycles. The summed E-state index contributed by atoms with van der Waals surface area (Å²) in [5.41, 5.74) is 1.85. The van der Waals surface area contributed by atoms with Crippen molar-refractivity contribution in [3.8, 4) is 6.07 Å². The zero-order chi connectivity index (χ0) is 14.8. The Bertz CT molecular complexity index is 726. The summed E-state index contributed by atoms with van der Waals surface area (Å²) < 4.78 is 0. The molecule has 0 aliphatic carbocycles. The fourth-order valence-electron chi connectivity index (χ4n) is 2.78. The van der Waals surface area contributed by atoms with E-state index in [1.54, 1.807) is 17.5 Å². The van der Waals surface area contributed by atoms with Crippen LogP contribution < -0.4 is 10.2 Å². The van der Waals surface area contributed by atoms with Gasteiger partial charge in [-0.2, -0.15) is 5.26 Å². The summed E-state index contributed by atoms with van der Waals surface area (Å²) in [5.74, 6) is 0. The van der Waals surface area contributed by atoms with Gasteiger partial charge in [0.15, 0.2) is 0 Å². The lowest BCUT2D eigenvalue weighted by Crippen LogP contribution is -2.50. The first kappa shape index (κ1) is 14.1. The highest BCUT2D eigenvalue weighted by molar-refractivity contribution is 7.20. The molecular formula is C16H18N4S. The topological polar surface area (TPSA) is 52.0 Å².